The Morgan fingerprint density at radius 2 is 2.00 bits per heavy atom. The van der Waals surface area contributed by atoms with E-state index in [-0.39, 0.29) is 11.9 Å². The monoisotopic (exact) mass is 232 g/mol. The highest BCUT2D eigenvalue weighted by Gasteiger charge is 2.06. The van der Waals surface area contributed by atoms with Gasteiger partial charge in [0.05, 0.1) is 5.92 Å². The zero-order valence-electron chi connectivity index (χ0n) is 10.2. The van der Waals surface area contributed by atoms with E-state index < -0.39 is 0 Å². The van der Waals surface area contributed by atoms with Crippen molar-refractivity contribution in [3.8, 4) is 0 Å². The average molecular weight is 232 g/mol. The standard InChI is InChI=1S/C6H15N3.C4H9NO2/c7-1-4-9-5-2-8-3-6-9;1-3(2)4(6)7-5/h8H,1-7H2;3H,5H2,1-2H3. The Hall–Kier alpha value is -0.690. The van der Waals surface area contributed by atoms with Crippen LogP contribution < -0.4 is 16.9 Å². The van der Waals surface area contributed by atoms with Gasteiger partial charge in [-0.3, -0.25) is 9.69 Å². The zero-order valence-corrected chi connectivity index (χ0v) is 10.2. The van der Waals surface area contributed by atoms with Gasteiger partial charge in [-0.2, -0.15) is 5.90 Å². The van der Waals surface area contributed by atoms with Crippen molar-refractivity contribution >= 4 is 5.97 Å². The van der Waals surface area contributed by atoms with E-state index in [1.165, 1.54) is 0 Å². The molecule has 1 aliphatic rings. The topological polar surface area (TPSA) is 93.6 Å². The first-order valence-electron chi connectivity index (χ1n) is 5.65. The van der Waals surface area contributed by atoms with Gasteiger partial charge in [0.1, 0.15) is 0 Å². The summed E-state index contributed by atoms with van der Waals surface area (Å²) in [6.45, 7) is 9.86. The van der Waals surface area contributed by atoms with Crippen LogP contribution in [0.4, 0.5) is 0 Å². The van der Waals surface area contributed by atoms with E-state index in [4.69, 9.17) is 5.73 Å². The summed E-state index contributed by atoms with van der Waals surface area (Å²) < 4.78 is 0. The van der Waals surface area contributed by atoms with Crippen LogP contribution in [0.25, 0.3) is 0 Å². The van der Waals surface area contributed by atoms with Crippen LogP contribution in [0.1, 0.15) is 13.8 Å². The summed E-state index contributed by atoms with van der Waals surface area (Å²) >= 11 is 0. The van der Waals surface area contributed by atoms with Gasteiger partial charge in [-0.1, -0.05) is 13.8 Å². The fourth-order valence-corrected chi connectivity index (χ4v) is 1.25. The van der Waals surface area contributed by atoms with Gasteiger partial charge in [-0.05, 0) is 0 Å². The molecule has 0 aromatic heterocycles. The molecule has 0 aromatic rings. The van der Waals surface area contributed by atoms with Gasteiger partial charge in [0.2, 0.25) is 0 Å². The minimum absolute atomic E-state index is 0.120. The van der Waals surface area contributed by atoms with Gasteiger partial charge in [0, 0.05) is 39.3 Å². The zero-order chi connectivity index (χ0) is 12.4. The molecule has 0 aromatic carbocycles. The Balaban J connectivity index is 0.000000293. The Morgan fingerprint density at radius 1 is 1.44 bits per heavy atom. The second kappa shape index (κ2) is 9.53. The van der Waals surface area contributed by atoms with Crippen molar-refractivity contribution in [2.45, 2.75) is 13.8 Å². The smallest absolute Gasteiger partial charge is 0.326 e. The molecule has 0 amide bonds. The Kier molecular flexibility index (Phi) is 9.12. The highest BCUT2D eigenvalue weighted by Crippen LogP contribution is 1.90. The molecule has 1 heterocycles. The lowest BCUT2D eigenvalue weighted by atomic mass is 10.2. The summed E-state index contributed by atoms with van der Waals surface area (Å²) in [5, 5.41) is 3.29. The molecule has 16 heavy (non-hydrogen) atoms. The van der Waals surface area contributed by atoms with Gasteiger partial charge < -0.3 is 15.9 Å². The number of hydrogen-bond acceptors (Lipinski definition) is 6. The fraction of sp³-hybridized carbons (Fsp3) is 0.900. The van der Waals surface area contributed by atoms with Crippen LogP contribution in [-0.4, -0.2) is 50.1 Å². The van der Waals surface area contributed by atoms with Crippen molar-refractivity contribution in [1.29, 1.82) is 0 Å². The van der Waals surface area contributed by atoms with E-state index in [2.05, 4.69) is 21.0 Å². The molecule has 6 heteroatoms. The largest absolute Gasteiger partial charge is 0.373 e. The average Bonchev–Trinajstić information content (AvgIpc) is 2.30. The third-order valence-corrected chi connectivity index (χ3v) is 2.24. The van der Waals surface area contributed by atoms with Gasteiger partial charge in [0.25, 0.3) is 0 Å². The highest BCUT2D eigenvalue weighted by molar-refractivity contribution is 5.70. The summed E-state index contributed by atoms with van der Waals surface area (Å²) in [4.78, 5) is 16.4. The lowest BCUT2D eigenvalue weighted by Gasteiger charge is -2.26. The van der Waals surface area contributed by atoms with E-state index in [1.807, 2.05) is 0 Å². The summed E-state index contributed by atoms with van der Waals surface area (Å²) in [6, 6.07) is 0. The molecule has 0 spiro atoms. The van der Waals surface area contributed by atoms with E-state index in [1.54, 1.807) is 13.8 Å². The molecule has 0 atom stereocenters. The van der Waals surface area contributed by atoms with Crippen LogP contribution in [0.2, 0.25) is 0 Å². The van der Waals surface area contributed by atoms with Crippen molar-refractivity contribution in [3.63, 3.8) is 0 Å². The molecule has 0 saturated carbocycles. The quantitative estimate of drug-likeness (QED) is 0.535. The molecule has 5 N–H and O–H groups in total. The second-order valence-electron chi connectivity index (χ2n) is 3.97. The van der Waals surface area contributed by atoms with E-state index in [0.717, 1.165) is 39.3 Å². The Morgan fingerprint density at radius 3 is 2.31 bits per heavy atom. The van der Waals surface area contributed by atoms with Gasteiger partial charge in [0.15, 0.2) is 0 Å². The molecular weight excluding hydrogens is 208 g/mol. The number of nitrogens with zero attached hydrogens (tertiary/aromatic N) is 1. The summed E-state index contributed by atoms with van der Waals surface area (Å²) in [5.41, 5.74) is 5.40. The first kappa shape index (κ1) is 15.3. The molecule has 1 saturated heterocycles. The molecule has 0 bridgehead atoms. The lowest BCUT2D eigenvalue weighted by Crippen LogP contribution is -2.45. The fourth-order valence-electron chi connectivity index (χ4n) is 1.25. The first-order valence-corrected chi connectivity index (χ1v) is 5.65. The summed E-state index contributed by atoms with van der Waals surface area (Å²) in [7, 11) is 0. The number of piperazine rings is 1. The van der Waals surface area contributed by atoms with E-state index in [0.29, 0.717) is 0 Å². The van der Waals surface area contributed by atoms with Gasteiger partial charge in [-0.15, -0.1) is 0 Å². The Bertz CT molecular complexity index is 179. The maximum Gasteiger partial charge on any atom is 0.326 e. The van der Waals surface area contributed by atoms with Crippen molar-refractivity contribution in [1.82, 2.24) is 10.2 Å². The lowest BCUT2D eigenvalue weighted by molar-refractivity contribution is -0.147. The van der Waals surface area contributed by atoms with Crippen molar-refractivity contribution in [2.24, 2.45) is 17.5 Å². The number of hydrogen-bond donors (Lipinski definition) is 3. The number of nitrogens with one attached hydrogen (secondary N) is 1. The predicted molar refractivity (Wildman–Crippen MR) is 63.5 cm³/mol. The van der Waals surface area contributed by atoms with Crippen LogP contribution in [0, 0.1) is 5.92 Å². The predicted octanol–water partition coefficient (Wildman–Crippen LogP) is -1.09. The van der Waals surface area contributed by atoms with Crippen LogP contribution in [0.15, 0.2) is 0 Å². The minimum atomic E-state index is -0.375. The maximum absolute atomic E-state index is 10.2. The van der Waals surface area contributed by atoms with Gasteiger partial charge in [-0.25, -0.2) is 0 Å². The van der Waals surface area contributed by atoms with E-state index in [9.17, 15) is 4.79 Å². The molecular formula is C10H24N4O2. The van der Waals surface area contributed by atoms with Gasteiger partial charge >= 0.3 is 5.97 Å². The SMILES string of the molecule is CC(C)C(=O)ON.NCCN1CCNCC1. The second-order valence-corrected chi connectivity index (χ2v) is 3.97. The Labute approximate surface area is 97.2 Å². The number of nitrogens with two attached hydrogens (primary N) is 2. The van der Waals surface area contributed by atoms with Crippen LogP contribution in [-0.2, 0) is 9.63 Å². The number of carbonyl (C=O) groups is 1. The number of carbonyl (C=O) groups excluding carboxylic acids is 1. The van der Waals surface area contributed by atoms with E-state index >= 15 is 0 Å². The minimum Gasteiger partial charge on any atom is -0.373 e. The van der Waals surface area contributed by atoms with Crippen molar-refractivity contribution in [3.05, 3.63) is 0 Å². The summed E-state index contributed by atoms with van der Waals surface area (Å²) in [5.74, 6) is 4.03. The van der Waals surface area contributed by atoms with Crippen molar-refractivity contribution < 1.29 is 9.63 Å². The maximum atomic E-state index is 10.2. The molecule has 0 radical (unpaired) electrons. The molecule has 0 aliphatic carbocycles. The molecule has 1 aliphatic heterocycles. The van der Waals surface area contributed by atoms with Crippen molar-refractivity contribution in [2.75, 3.05) is 39.3 Å². The normalized spacial score (nSPS) is 16.6. The molecule has 0 unspecified atom stereocenters. The number of rotatable bonds is 3. The van der Waals surface area contributed by atoms with Crippen LogP contribution in [0.3, 0.4) is 0 Å². The molecule has 1 fully saturated rings. The highest BCUT2D eigenvalue weighted by atomic mass is 16.7. The molecule has 1 rings (SSSR count). The third kappa shape index (κ3) is 7.58. The first-order chi connectivity index (χ1) is 7.61. The van der Waals surface area contributed by atoms with Crippen LogP contribution in [0.5, 0.6) is 0 Å². The summed E-state index contributed by atoms with van der Waals surface area (Å²) in [6.07, 6.45) is 0. The van der Waals surface area contributed by atoms with Crippen LogP contribution >= 0.6 is 0 Å². The third-order valence-electron chi connectivity index (χ3n) is 2.24. The molecule has 96 valence electrons. The molecule has 6 nitrogen and oxygen atoms in total.